The number of carboxylic acids is 1. The second-order valence-corrected chi connectivity index (χ2v) is 9.77. The normalized spacial score (nSPS) is 16.9. The average Bonchev–Trinajstić information content (AvgIpc) is 2.81. The summed E-state index contributed by atoms with van der Waals surface area (Å²) in [6.07, 6.45) is -2.43. The number of halogens is 3. The number of piperazine rings is 1. The van der Waals surface area contributed by atoms with Crippen LogP contribution in [0.2, 0.25) is 0 Å². The molecule has 186 valence electrons. The molecule has 3 rings (SSSR count). The lowest BCUT2D eigenvalue weighted by Crippen LogP contribution is -2.44. The molecule has 1 aromatic heterocycles. The summed E-state index contributed by atoms with van der Waals surface area (Å²) >= 11 is 1.29. The number of nitrogens with two attached hydrogens (primary N) is 1. The van der Waals surface area contributed by atoms with Crippen LogP contribution in [-0.2, 0) is 4.79 Å². The number of aliphatic carboxylic acids is 1. The number of benzene rings is 1. The Labute approximate surface area is 202 Å². The minimum absolute atomic E-state index is 0.0723. The Morgan fingerprint density at radius 2 is 1.68 bits per heavy atom. The maximum atomic E-state index is 13.7. The first kappa shape index (κ1) is 26.3. The van der Waals surface area contributed by atoms with Gasteiger partial charge in [0.25, 0.3) is 0 Å². The van der Waals surface area contributed by atoms with Crippen molar-refractivity contribution in [2.45, 2.75) is 31.0 Å². The smallest absolute Gasteiger partial charge is 0.395 e. The van der Waals surface area contributed by atoms with E-state index in [1.807, 2.05) is 12.1 Å². The highest BCUT2D eigenvalue weighted by Gasteiger charge is 2.40. The van der Waals surface area contributed by atoms with Gasteiger partial charge in [-0.2, -0.15) is 24.9 Å². The minimum Gasteiger partial charge on any atom is -0.480 e. The Hall–Kier alpha value is -2.30. The van der Waals surface area contributed by atoms with Crippen molar-refractivity contribution in [1.82, 2.24) is 9.88 Å². The highest BCUT2D eigenvalue weighted by atomic mass is 32.2. The molecule has 0 amide bonds. The summed E-state index contributed by atoms with van der Waals surface area (Å²) in [5, 5.41) is 8.78. The molecule has 1 aromatic carbocycles. The van der Waals surface area contributed by atoms with Gasteiger partial charge >= 0.3 is 12.1 Å². The van der Waals surface area contributed by atoms with E-state index in [0.717, 1.165) is 43.1 Å². The van der Waals surface area contributed by atoms with Gasteiger partial charge in [-0.25, -0.2) is 4.98 Å². The Kier molecular flexibility index (Phi) is 9.21. The molecule has 1 fully saturated rings. The van der Waals surface area contributed by atoms with Crippen LogP contribution in [-0.4, -0.2) is 77.9 Å². The Morgan fingerprint density at radius 1 is 1.06 bits per heavy atom. The van der Waals surface area contributed by atoms with Crippen LogP contribution in [0, 0.1) is 0 Å². The van der Waals surface area contributed by atoms with Gasteiger partial charge in [0.05, 0.1) is 5.92 Å². The van der Waals surface area contributed by atoms with Crippen LogP contribution in [0.4, 0.5) is 19.0 Å². The van der Waals surface area contributed by atoms with Gasteiger partial charge in [-0.1, -0.05) is 24.3 Å². The maximum absolute atomic E-state index is 13.7. The van der Waals surface area contributed by atoms with Crippen LogP contribution in [0.5, 0.6) is 0 Å². The van der Waals surface area contributed by atoms with Gasteiger partial charge in [-0.15, -0.1) is 0 Å². The number of nitrogens with zero attached hydrogens (tertiary/aromatic N) is 3. The molecule has 0 aliphatic carbocycles. The number of carbonyl (C=O) groups is 1. The summed E-state index contributed by atoms with van der Waals surface area (Å²) in [7, 11) is 2.10. The molecular weight excluding hydrogens is 465 g/mol. The Bertz CT molecular complexity index is 917. The highest BCUT2D eigenvalue weighted by Crippen LogP contribution is 2.39. The van der Waals surface area contributed by atoms with Crippen molar-refractivity contribution in [2.24, 2.45) is 5.73 Å². The Balaban J connectivity index is 1.59. The molecule has 2 aromatic rings. The lowest BCUT2D eigenvalue weighted by atomic mass is 9.94. The summed E-state index contributed by atoms with van der Waals surface area (Å²) in [5.41, 5.74) is 7.33. The number of hydrogen-bond acceptors (Lipinski definition) is 6. The van der Waals surface area contributed by atoms with Gasteiger partial charge in [-0.05, 0) is 54.7 Å². The van der Waals surface area contributed by atoms with Gasteiger partial charge in [0, 0.05) is 37.9 Å². The van der Waals surface area contributed by atoms with Crippen LogP contribution < -0.4 is 10.6 Å². The second-order valence-electron chi connectivity index (χ2n) is 8.55. The van der Waals surface area contributed by atoms with Gasteiger partial charge in [0.2, 0.25) is 0 Å². The standard InChI is InChI=1S/C24H31F3N4O2S/c1-30-10-12-31(13-11-30)22-7-6-19(16-29-22)17-2-4-18(5-3-17)20(24(25,26)27)8-14-34-15-9-21(28)23(32)33/h2-7,16,20-21H,8-15,28H2,1H3,(H,32,33). The van der Waals surface area contributed by atoms with Crippen molar-refractivity contribution < 1.29 is 23.1 Å². The average molecular weight is 497 g/mol. The van der Waals surface area contributed by atoms with E-state index in [-0.39, 0.29) is 24.2 Å². The molecule has 3 N–H and O–H groups in total. The Morgan fingerprint density at radius 3 is 2.24 bits per heavy atom. The first-order chi connectivity index (χ1) is 16.1. The van der Waals surface area contributed by atoms with Gasteiger partial charge in [0.15, 0.2) is 0 Å². The van der Waals surface area contributed by atoms with E-state index in [1.165, 1.54) is 23.9 Å². The maximum Gasteiger partial charge on any atom is 0.395 e. The third kappa shape index (κ3) is 7.35. The number of rotatable bonds is 10. The minimum atomic E-state index is -4.36. The zero-order valence-corrected chi connectivity index (χ0v) is 20.0. The molecule has 34 heavy (non-hydrogen) atoms. The number of hydrogen-bond donors (Lipinski definition) is 2. The first-order valence-corrected chi connectivity index (χ1v) is 12.4. The lowest BCUT2D eigenvalue weighted by Gasteiger charge is -2.33. The number of likely N-dealkylation sites (N-methyl/N-ethyl adjacent to an activating group) is 1. The fourth-order valence-electron chi connectivity index (χ4n) is 3.84. The zero-order chi connectivity index (χ0) is 24.7. The monoisotopic (exact) mass is 496 g/mol. The van der Waals surface area contributed by atoms with Crippen LogP contribution in [0.15, 0.2) is 42.6 Å². The summed E-state index contributed by atoms with van der Waals surface area (Å²) in [5.74, 6) is -1.07. The molecule has 1 saturated heterocycles. The van der Waals surface area contributed by atoms with Crippen molar-refractivity contribution in [1.29, 1.82) is 0 Å². The third-order valence-corrected chi connectivity index (χ3v) is 7.11. The molecule has 0 radical (unpaired) electrons. The second kappa shape index (κ2) is 11.9. The van der Waals surface area contributed by atoms with E-state index in [4.69, 9.17) is 10.8 Å². The molecule has 2 atom stereocenters. The number of aromatic nitrogens is 1. The highest BCUT2D eigenvalue weighted by molar-refractivity contribution is 7.99. The molecule has 6 nitrogen and oxygen atoms in total. The number of thioether (sulfide) groups is 1. The number of pyridine rings is 1. The first-order valence-electron chi connectivity index (χ1n) is 11.3. The molecule has 1 aliphatic heterocycles. The molecule has 0 spiro atoms. The molecule has 2 heterocycles. The summed E-state index contributed by atoms with van der Waals surface area (Å²) in [4.78, 5) is 19.8. The van der Waals surface area contributed by atoms with Crippen molar-refractivity contribution in [3.63, 3.8) is 0 Å². The summed E-state index contributed by atoms with van der Waals surface area (Å²) in [6, 6.07) is 9.41. The number of alkyl halides is 3. The van der Waals surface area contributed by atoms with Crippen LogP contribution in [0.1, 0.15) is 24.3 Å². The zero-order valence-electron chi connectivity index (χ0n) is 19.2. The topological polar surface area (TPSA) is 82.7 Å². The van der Waals surface area contributed by atoms with Crippen molar-refractivity contribution >= 4 is 23.5 Å². The quantitative estimate of drug-likeness (QED) is 0.480. The van der Waals surface area contributed by atoms with E-state index in [9.17, 15) is 18.0 Å². The molecular formula is C24H31F3N4O2S. The van der Waals surface area contributed by atoms with E-state index in [2.05, 4.69) is 21.8 Å². The van der Waals surface area contributed by atoms with E-state index in [0.29, 0.717) is 5.75 Å². The third-order valence-electron chi connectivity index (χ3n) is 6.06. The molecule has 10 heteroatoms. The lowest BCUT2D eigenvalue weighted by molar-refractivity contribution is -0.150. The van der Waals surface area contributed by atoms with Gasteiger partial charge in [0.1, 0.15) is 11.9 Å². The summed E-state index contributed by atoms with van der Waals surface area (Å²) < 4.78 is 41.1. The summed E-state index contributed by atoms with van der Waals surface area (Å²) in [6.45, 7) is 3.81. The van der Waals surface area contributed by atoms with E-state index < -0.39 is 24.1 Å². The van der Waals surface area contributed by atoms with Crippen molar-refractivity contribution in [3.8, 4) is 11.1 Å². The molecule has 2 unspecified atom stereocenters. The molecule has 1 aliphatic rings. The molecule has 0 saturated carbocycles. The van der Waals surface area contributed by atoms with Crippen LogP contribution >= 0.6 is 11.8 Å². The number of anilines is 1. The fraction of sp³-hybridized carbons (Fsp3) is 0.500. The predicted octanol–water partition coefficient (Wildman–Crippen LogP) is 4.07. The molecule has 0 bridgehead atoms. The van der Waals surface area contributed by atoms with Crippen molar-refractivity contribution in [2.75, 3.05) is 49.6 Å². The van der Waals surface area contributed by atoms with E-state index in [1.54, 1.807) is 18.3 Å². The SMILES string of the molecule is CN1CCN(c2ccc(-c3ccc(C(CCSCCC(N)C(=O)O)C(F)(F)F)cc3)cn2)CC1. The van der Waals surface area contributed by atoms with E-state index >= 15 is 0 Å². The van der Waals surface area contributed by atoms with Crippen LogP contribution in [0.3, 0.4) is 0 Å². The van der Waals surface area contributed by atoms with Crippen molar-refractivity contribution in [3.05, 3.63) is 48.2 Å². The van der Waals surface area contributed by atoms with Gasteiger partial charge < -0.3 is 20.6 Å². The fourth-order valence-corrected chi connectivity index (χ4v) is 4.87. The largest absolute Gasteiger partial charge is 0.480 e. The van der Waals surface area contributed by atoms with Crippen LogP contribution in [0.25, 0.3) is 11.1 Å². The predicted molar refractivity (Wildman–Crippen MR) is 130 cm³/mol. The number of carboxylic acid groups (broad SMARTS) is 1. The van der Waals surface area contributed by atoms with Gasteiger partial charge in [-0.3, -0.25) is 4.79 Å².